The van der Waals surface area contributed by atoms with Crippen LogP contribution in [0.2, 0.25) is 0 Å². The summed E-state index contributed by atoms with van der Waals surface area (Å²) in [5.41, 5.74) is 7.13. The molecule has 0 radical (unpaired) electrons. The molecule has 2 atom stereocenters. The van der Waals surface area contributed by atoms with Gasteiger partial charge in [0.05, 0.1) is 18.8 Å². The molecule has 2 amide bonds. The summed E-state index contributed by atoms with van der Waals surface area (Å²) >= 11 is 1.63. The van der Waals surface area contributed by atoms with E-state index in [-0.39, 0.29) is 24.3 Å². The Labute approximate surface area is 174 Å². The predicted octanol–water partition coefficient (Wildman–Crippen LogP) is 3.99. The molecule has 0 bridgehead atoms. The van der Waals surface area contributed by atoms with Gasteiger partial charge in [0.15, 0.2) is 5.76 Å². The normalized spacial score (nSPS) is 12.9. The van der Waals surface area contributed by atoms with Crippen LogP contribution in [0.15, 0.2) is 64.6 Å². The van der Waals surface area contributed by atoms with Crippen LogP contribution in [-0.4, -0.2) is 18.4 Å². The predicted molar refractivity (Wildman–Crippen MR) is 114 cm³/mol. The molecule has 0 saturated carbocycles. The molecule has 0 fully saturated rings. The third-order valence-electron chi connectivity index (χ3n) is 4.81. The van der Waals surface area contributed by atoms with Crippen LogP contribution < -0.4 is 16.2 Å². The fourth-order valence-corrected chi connectivity index (χ4v) is 3.75. The van der Waals surface area contributed by atoms with Crippen LogP contribution in [0.3, 0.4) is 0 Å². The Morgan fingerprint density at radius 1 is 1.03 bits per heavy atom. The van der Waals surface area contributed by atoms with E-state index in [0.717, 1.165) is 16.9 Å². The van der Waals surface area contributed by atoms with Crippen molar-refractivity contribution in [2.75, 3.05) is 6.54 Å². The summed E-state index contributed by atoms with van der Waals surface area (Å²) in [5, 5.41) is 5.30. The van der Waals surface area contributed by atoms with Gasteiger partial charge in [-0.3, -0.25) is 25.8 Å². The van der Waals surface area contributed by atoms with Crippen molar-refractivity contribution in [3.8, 4) is 0 Å². The molecule has 0 unspecified atom stereocenters. The number of carbonyl (C=O) groups excluding carboxylic acids is 2. The van der Waals surface area contributed by atoms with Crippen molar-refractivity contribution < 1.29 is 14.0 Å². The number of hydrogen-bond acceptors (Lipinski definition) is 5. The minimum absolute atomic E-state index is 0.0497. The highest BCUT2D eigenvalue weighted by molar-refractivity contribution is 7.10. The molecule has 2 aromatic heterocycles. The van der Waals surface area contributed by atoms with Gasteiger partial charge >= 0.3 is 5.91 Å². The molecule has 7 heteroatoms. The van der Waals surface area contributed by atoms with Gasteiger partial charge in [-0.05, 0) is 47.0 Å². The third kappa shape index (κ3) is 5.56. The monoisotopic (exact) mass is 411 g/mol. The first-order valence-electron chi connectivity index (χ1n) is 9.57. The Kier molecular flexibility index (Phi) is 7.21. The molecule has 0 aliphatic rings. The molecule has 0 aliphatic carbocycles. The zero-order chi connectivity index (χ0) is 20.6. The molecule has 3 rings (SSSR count). The lowest BCUT2D eigenvalue weighted by molar-refractivity contribution is -0.121. The molecule has 29 heavy (non-hydrogen) atoms. The summed E-state index contributed by atoms with van der Waals surface area (Å²) in [6.07, 6.45) is 2.49. The minimum atomic E-state index is -0.501. The molecule has 0 aliphatic heterocycles. The summed E-state index contributed by atoms with van der Waals surface area (Å²) in [4.78, 5) is 25.1. The van der Waals surface area contributed by atoms with Gasteiger partial charge in [0.1, 0.15) is 0 Å². The Morgan fingerprint density at radius 3 is 2.41 bits per heavy atom. The van der Waals surface area contributed by atoms with Crippen molar-refractivity contribution in [2.45, 2.75) is 32.2 Å². The molecule has 2 heterocycles. The largest absolute Gasteiger partial charge is 0.459 e. The first kappa shape index (κ1) is 20.8. The van der Waals surface area contributed by atoms with Gasteiger partial charge in [-0.1, -0.05) is 44.2 Å². The first-order chi connectivity index (χ1) is 14.1. The van der Waals surface area contributed by atoms with Crippen LogP contribution in [0.5, 0.6) is 0 Å². The van der Waals surface area contributed by atoms with Gasteiger partial charge in [-0.15, -0.1) is 11.3 Å². The van der Waals surface area contributed by atoms with Crippen LogP contribution in [0, 0.1) is 0 Å². The van der Waals surface area contributed by atoms with E-state index in [2.05, 4.69) is 54.3 Å². The second-order valence-corrected chi connectivity index (χ2v) is 7.76. The number of hydrogen-bond donors (Lipinski definition) is 3. The van der Waals surface area contributed by atoms with E-state index in [1.165, 1.54) is 17.9 Å². The van der Waals surface area contributed by atoms with Crippen molar-refractivity contribution in [2.24, 2.45) is 0 Å². The zero-order valence-corrected chi connectivity index (χ0v) is 17.3. The average Bonchev–Trinajstić information content (AvgIpc) is 3.46. The number of furan rings is 1. The van der Waals surface area contributed by atoms with E-state index in [0.29, 0.717) is 5.92 Å². The quantitative estimate of drug-likeness (QED) is 0.489. The van der Waals surface area contributed by atoms with Crippen LogP contribution in [0.25, 0.3) is 0 Å². The van der Waals surface area contributed by atoms with Gasteiger partial charge in [-0.25, -0.2) is 0 Å². The van der Waals surface area contributed by atoms with Gasteiger partial charge in [0.2, 0.25) is 0 Å². The number of nitrogens with one attached hydrogen (secondary N) is 3. The molecule has 0 saturated heterocycles. The molecule has 1 aromatic carbocycles. The number of thiophene rings is 1. The lowest BCUT2D eigenvalue weighted by Crippen LogP contribution is -2.45. The highest BCUT2D eigenvalue weighted by Gasteiger charge is 2.17. The smallest absolute Gasteiger partial charge is 0.305 e. The number of hydrazine groups is 1. The van der Waals surface area contributed by atoms with Crippen molar-refractivity contribution in [3.63, 3.8) is 0 Å². The highest BCUT2D eigenvalue weighted by atomic mass is 32.1. The van der Waals surface area contributed by atoms with Gasteiger partial charge < -0.3 is 4.42 Å². The van der Waals surface area contributed by atoms with E-state index >= 15 is 0 Å². The first-order valence-corrected chi connectivity index (χ1v) is 10.5. The number of benzene rings is 1. The summed E-state index contributed by atoms with van der Waals surface area (Å²) in [5.74, 6) is -0.196. The highest BCUT2D eigenvalue weighted by Crippen LogP contribution is 2.27. The Bertz CT molecular complexity index is 905. The van der Waals surface area contributed by atoms with E-state index in [4.69, 9.17) is 4.42 Å². The van der Waals surface area contributed by atoms with Gasteiger partial charge in [-0.2, -0.15) is 0 Å². The second-order valence-electron chi connectivity index (χ2n) is 6.78. The van der Waals surface area contributed by atoms with Crippen LogP contribution in [0.4, 0.5) is 0 Å². The summed E-state index contributed by atoms with van der Waals surface area (Å²) in [7, 11) is 0. The topological polar surface area (TPSA) is 83.4 Å². The Morgan fingerprint density at radius 2 is 1.79 bits per heavy atom. The molecule has 152 valence electrons. The van der Waals surface area contributed by atoms with E-state index in [9.17, 15) is 9.59 Å². The minimum Gasteiger partial charge on any atom is -0.459 e. The second kappa shape index (κ2) is 10.0. The molecule has 0 spiro atoms. The Hall–Kier alpha value is -2.90. The molecule has 3 N–H and O–H groups in total. The summed E-state index contributed by atoms with van der Waals surface area (Å²) < 4.78 is 4.99. The molecule has 3 aromatic rings. The van der Waals surface area contributed by atoms with Crippen LogP contribution >= 0.6 is 11.3 Å². The van der Waals surface area contributed by atoms with Gasteiger partial charge in [0.25, 0.3) is 5.91 Å². The maximum atomic E-state index is 12.2. The molecule has 6 nitrogen and oxygen atoms in total. The van der Waals surface area contributed by atoms with Crippen molar-refractivity contribution in [3.05, 3.63) is 81.9 Å². The molecular weight excluding hydrogens is 386 g/mol. The molecular formula is C22H25N3O3S. The van der Waals surface area contributed by atoms with Crippen molar-refractivity contribution in [1.29, 1.82) is 0 Å². The zero-order valence-electron chi connectivity index (χ0n) is 16.5. The number of rotatable bonds is 8. The van der Waals surface area contributed by atoms with E-state index in [1.807, 2.05) is 17.5 Å². The maximum Gasteiger partial charge on any atom is 0.305 e. The van der Waals surface area contributed by atoms with Gasteiger partial charge in [0, 0.05) is 4.88 Å². The van der Waals surface area contributed by atoms with E-state index in [1.54, 1.807) is 17.4 Å². The fourth-order valence-electron chi connectivity index (χ4n) is 2.93. The lowest BCUT2D eigenvalue weighted by Gasteiger charge is -2.19. The van der Waals surface area contributed by atoms with Crippen LogP contribution in [-0.2, 0) is 4.79 Å². The standard InChI is InChI=1S/C22H25N3O3S/c1-3-15(2)16-8-10-17(11-9-16)21(19-7-5-13-29-19)23-14-20(26)24-25-22(27)18-6-4-12-28-18/h4-13,15,21,23H,3,14H2,1-2H3,(H,24,26)(H,25,27)/t15-,21+/m0/s1. The SMILES string of the molecule is CC[C@H](C)c1ccc([C@@H](NCC(=O)NNC(=O)c2ccco2)c2cccs2)cc1. The third-order valence-corrected chi connectivity index (χ3v) is 5.74. The average molecular weight is 412 g/mol. The number of amides is 2. The fraction of sp³-hybridized carbons (Fsp3) is 0.273. The maximum absolute atomic E-state index is 12.2. The number of carbonyl (C=O) groups is 2. The van der Waals surface area contributed by atoms with Crippen LogP contribution in [0.1, 0.15) is 58.8 Å². The lowest BCUT2D eigenvalue weighted by atomic mass is 9.95. The van der Waals surface area contributed by atoms with E-state index < -0.39 is 5.91 Å². The Balaban J connectivity index is 1.61. The summed E-state index contributed by atoms with van der Waals surface area (Å²) in [6.45, 7) is 4.44. The van der Waals surface area contributed by atoms with Crippen molar-refractivity contribution in [1.82, 2.24) is 16.2 Å². The summed E-state index contributed by atoms with van der Waals surface area (Å²) in [6, 6.07) is 15.6. The van der Waals surface area contributed by atoms with Crippen molar-refractivity contribution >= 4 is 23.2 Å².